The number of benzene rings is 1. The van der Waals surface area contributed by atoms with Gasteiger partial charge in [0.2, 0.25) is 0 Å². The van der Waals surface area contributed by atoms with Crippen LogP contribution in [0, 0.1) is 0 Å². The summed E-state index contributed by atoms with van der Waals surface area (Å²) in [7, 11) is 1.50. The van der Waals surface area contributed by atoms with E-state index in [-0.39, 0.29) is 15.8 Å². The molecule has 0 saturated heterocycles. The van der Waals surface area contributed by atoms with Crippen LogP contribution in [-0.4, -0.2) is 12.9 Å². The molecule has 0 saturated carbocycles. The van der Waals surface area contributed by atoms with E-state index in [4.69, 9.17) is 27.9 Å². The molecule has 0 radical (unpaired) electrons. The van der Waals surface area contributed by atoms with E-state index in [1.165, 1.54) is 7.11 Å². The molecule has 2 nitrogen and oxygen atoms in total. The first-order valence-corrected chi connectivity index (χ1v) is 5.48. The van der Waals surface area contributed by atoms with Gasteiger partial charge in [0.25, 0.3) is 0 Å². The molecule has 4 heteroatoms. The third-order valence-electron chi connectivity index (χ3n) is 2.30. The van der Waals surface area contributed by atoms with Crippen molar-refractivity contribution in [2.75, 3.05) is 7.11 Å². The second kappa shape index (κ2) is 5.37. The number of rotatable bonds is 3. The lowest BCUT2D eigenvalue weighted by molar-refractivity contribution is 0.103. The fourth-order valence-electron chi connectivity index (χ4n) is 1.21. The minimum atomic E-state index is -0.128. The van der Waals surface area contributed by atoms with E-state index >= 15 is 0 Å². The summed E-state index contributed by atoms with van der Waals surface area (Å²) in [5.74, 6) is 0.332. The highest BCUT2D eigenvalue weighted by Crippen LogP contribution is 2.35. The third kappa shape index (κ3) is 2.39. The highest BCUT2D eigenvalue weighted by atomic mass is 35.5. The van der Waals surface area contributed by atoms with Crippen molar-refractivity contribution in [1.29, 1.82) is 0 Å². The van der Waals surface area contributed by atoms with Crippen LogP contribution in [-0.2, 0) is 0 Å². The maximum atomic E-state index is 11.9. The Labute approximate surface area is 105 Å². The molecule has 1 aromatic rings. The van der Waals surface area contributed by atoms with Gasteiger partial charge >= 0.3 is 0 Å². The number of Topliss-reactive ketones (excluding diaryl/α,β-unsaturated/α-hetero) is 1. The van der Waals surface area contributed by atoms with Crippen molar-refractivity contribution in [3.8, 4) is 5.75 Å². The number of carbonyl (C=O) groups is 1. The van der Waals surface area contributed by atoms with Crippen LogP contribution >= 0.6 is 23.2 Å². The molecule has 0 amide bonds. The smallest absolute Gasteiger partial charge is 0.189 e. The Bertz CT molecular complexity index is 451. The molecule has 0 aliphatic carbocycles. The minimum Gasteiger partial charge on any atom is -0.495 e. The molecule has 0 fully saturated rings. The summed E-state index contributed by atoms with van der Waals surface area (Å²) < 4.78 is 5.01. The van der Waals surface area contributed by atoms with Gasteiger partial charge in [0, 0.05) is 5.56 Å². The van der Waals surface area contributed by atoms with Crippen molar-refractivity contribution >= 4 is 29.0 Å². The first kappa shape index (κ1) is 13.1. The minimum absolute atomic E-state index is 0.128. The highest BCUT2D eigenvalue weighted by Gasteiger charge is 2.16. The van der Waals surface area contributed by atoms with Crippen molar-refractivity contribution in [3.05, 3.63) is 39.4 Å². The topological polar surface area (TPSA) is 26.3 Å². The maximum Gasteiger partial charge on any atom is 0.189 e. The van der Waals surface area contributed by atoms with Gasteiger partial charge in [-0.2, -0.15) is 0 Å². The van der Waals surface area contributed by atoms with Gasteiger partial charge in [-0.3, -0.25) is 4.79 Å². The number of carbonyl (C=O) groups excluding carboxylic acids is 1. The zero-order chi connectivity index (χ0) is 12.3. The molecular weight excluding hydrogens is 247 g/mol. The van der Waals surface area contributed by atoms with E-state index < -0.39 is 0 Å². The van der Waals surface area contributed by atoms with E-state index in [0.29, 0.717) is 16.9 Å². The van der Waals surface area contributed by atoms with Crippen LogP contribution < -0.4 is 4.74 Å². The Morgan fingerprint density at radius 1 is 1.31 bits per heavy atom. The molecule has 1 aromatic carbocycles. The third-order valence-corrected chi connectivity index (χ3v) is 3.17. The lowest BCUT2D eigenvalue weighted by Crippen LogP contribution is -2.02. The summed E-state index contributed by atoms with van der Waals surface area (Å²) in [4.78, 5) is 11.9. The summed E-state index contributed by atoms with van der Waals surface area (Å²) in [6, 6.07) is 3.24. The SMILES string of the molecule is CC=C(C)C(=O)c1ccc(OC)c(Cl)c1Cl. The van der Waals surface area contributed by atoms with E-state index in [1.807, 2.05) is 0 Å². The fourth-order valence-corrected chi connectivity index (χ4v) is 1.69. The predicted octanol–water partition coefficient (Wildman–Crippen LogP) is 4.15. The second-order valence-electron chi connectivity index (χ2n) is 3.24. The number of hydrogen-bond acceptors (Lipinski definition) is 2. The normalized spacial score (nSPS) is 11.4. The molecule has 0 aliphatic heterocycles. The zero-order valence-electron chi connectivity index (χ0n) is 9.30. The molecule has 0 aromatic heterocycles. The zero-order valence-corrected chi connectivity index (χ0v) is 10.8. The van der Waals surface area contributed by atoms with Crippen molar-refractivity contribution < 1.29 is 9.53 Å². The number of methoxy groups -OCH3 is 1. The summed E-state index contributed by atoms with van der Waals surface area (Å²) in [6.07, 6.45) is 1.73. The standard InChI is InChI=1S/C12H12Cl2O2/c1-4-7(2)12(15)8-5-6-9(16-3)11(14)10(8)13/h4-6H,1-3H3. The van der Waals surface area contributed by atoms with Crippen molar-refractivity contribution in [2.24, 2.45) is 0 Å². The van der Waals surface area contributed by atoms with Gasteiger partial charge in [0.1, 0.15) is 10.8 Å². The second-order valence-corrected chi connectivity index (χ2v) is 4.00. The molecule has 0 spiro atoms. The number of ether oxygens (including phenoxy) is 1. The van der Waals surface area contributed by atoms with Crippen LogP contribution in [0.15, 0.2) is 23.8 Å². The van der Waals surface area contributed by atoms with Crippen molar-refractivity contribution in [3.63, 3.8) is 0 Å². The van der Waals surface area contributed by atoms with Gasteiger partial charge in [-0.05, 0) is 31.6 Å². The summed E-state index contributed by atoms with van der Waals surface area (Å²) in [5.41, 5.74) is 1.02. The van der Waals surface area contributed by atoms with Gasteiger partial charge in [0.05, 0.1) is 12.1 Å². The maximum absolute atomic E-state index is 11.9. The quantitative estimate of drug-likeness (QED) is 0.602. The van der Waals surface area contributed by atoms with E-state index in [1.54, 1.807) is 32.1 Å². The van der Waals surface area contributed by atoms with Gasteiger partial charge in [-0.15, -0.1) is 0 Å². The van der Waals surface area contributed by atoms with Crippen molar-refractivity contribution in [2.45, 2.75) is 13.8 Å². The molecule has 0 bridgehead atoms. The van der Waals surface area contributed by atoms with Crippen LogP contribution in [0.2, 0.25) is 10.0 Å². The van der Waals surface area contributed by atoms with Crippen LogP contribution in [0.1, 0.15) is 24.2 Å². The molecule has 86 valence electrons. The van der Waals surface area contributed by atoms with Crippen molar-refractivity contribution in [1.82, 2.24) is 0 Å². The Kier molecular flexibility index (Phi) is 4.39. The predicted molar refractivity (Wildman–Crippen MR) is 66.8 cm³/mol. The number of ketones is 1. The lowest BCUT2D eigenvalue weighted by Gasteiger charge is -2.08. The van der Waals surface area contributed by atoms with Gasteiger partial charge in [0.15, 0.2) is 5.78 Å². The average Bonchev–Trinajstić information content (AvgIpc) is 2.30. The first-order chi connectivity index (χ1) is 7.52. The fraction of sp³-hybridized carbons (Fsp3) is 0.250. The van der Waals surface area contributed by atoms with Crippen LogP contribution in [0.3, 0.4) is 0 Å². The number of halogens is 2. The Morgan fingerprint density at radius 3 is 2.44 bits per heavy atom. The Balaban J connectivity index is 3.28. The largest absolute Gasteiger partial charge is 0.495 e. The summed E-state index contributed by atoms with van der Waals surface area (Å²) in [5, 5.41) is 0.492. The van der Waals surface area contributed by atoms with Gasteiger partial charge in [-0.1, -0.05) is 29.3 Å². The number of allylic oxidation sites excluding steroid dienone is 2. The molecule has 1 rings (SSSR count). The van der Waals surface area contributed by atoms with Crippen LogP contribution in [0.5, 0.6) is 5.75 Å². The number of hydrogen-bond donors (Lipinski definition) is 0. The van der Waals surface area contributed by atoms with E-state index in [2.05, 4.69) is 0 Å². The summed E-state index contributed by atoms with van der Waals surface area (Å²) in [6.45, 7) is 3.53. The molecule has 0 atom stereocenters. The molecule has 0 unspecified atom stereocenters. The first-order valence-electron chi connectivity index (χ1n) is 4.72. The lowest BCUT2D eigenvalue weighted by atomic mass is 10.0. The van der Waals surface area contributed by atoms with E-state index in [9.17, 15) is 4.79 Å². The molecule has 0 aliphatic rings. The Hall–Kier alpha value is -0.990. The molecule has 16 heavy (non-hydrogen) atoms. The average molecular weight is 259 g/mol. The molecular formula is C12H12Cl2O2. The summed E-state index contributed by atoms with van der Waals surface area (Å²) >= 11 is 12.0. The van der Waals surface area contributed by atoms with Gasteiger partial charge in [-0.25, -0.2) is 0 Å². The Morgan fingerprint density at radius 2 is 1.94 bits per heavy atom. The van der Waals surface area contributed by atoms with Crippen LogP contribution in [0.4, 0.5) is 0 Å². The molecule has 0 N–H and O–H groups in total. The molecule has 0 heterocycles. The van der Waals surface area contributed by atoms with E-state index in [0.717, 1.165) is 0 Å². The van der Waals surface area contributed by atoms with Gasteiger partial charge < -0.3 is 4.74 Å². The monoisotopic (exact) mass is 258 g/mol. The van der Waals surface area contributed by atoms with Crippen LogP contribution in [0.25, 0.3) is 0 Å². The highest BCUT2D eigenvalue weighted by molar-refractivity contribution is 6.45.